The molecule has 1 aromatic carbocycles. The third-order valence-electron chi connectivity index (χ3n) is 3.81. The van der Waals surface area contributed by atoms with E-state index in [1.807, 2.05) is 0 Å². The maximum atomic E-state index is 13.7. The van der Waals surface area contributed by atoms with Crippen molar-refractivity contribution in [1.29, 1.82) is 0 Å². The molecule has 0 bridgehead atoms. The Morgan fingerprint density at radius 1 is 1.13 bits per heavy atom. The summed E-state index contributed by atoms with van der Waals surface area (Å²) in [6.45, 7) is -1.52. The molecule has 2 rings (SSSR count). The van der Waals surface area contributed by atoms with Crippen molar-refractivity contribution in [3.8, 4) is 0 Å². The number of benzene rings is 1. The molecule has 1 unspecified atom stereocenters. The number of amides is 1. The first-order valence-corrected chi connectivity index (χ1v) is 8.18. The highest BCUT2D eigenvalue weighted by molar-refractivity contribution is 5.82. The van der Waals surface area contributed by atoms with E-state index < -0.39 is 48.5 Å². The predicted molar refractivity (Wildman–Crippen MR) is 85.9 cm³/mol. The smallest absolute Gasteiger partial charge is 0.475 e. The molecular weight excluding hydrogens is 434 g/mol. The van der Waals surface area contributed by atoms with Crippen LogP contribution in [-0.4, -0.2) is 71.4 Å². The zero-order valence-corrected chi connectivity index (χ0v) is 15.1. The maximum absolute atomic E-state index is 13.7. The molecule has 0 saturated carbocycles. The molecule has 0 aliphatic carbocycles. The van der Waals surface area contributed by atoms with E-state index in [1.165, 1.54) is 17.0 Å². The third-order valence-corrected chi connectivity index (χ3v) is 3.81. The van der Waals surface area contributed by atoms with Crippen LogP contribution in [0, 0.1) is 11.6 Å². The predicted octanol–water partition coefficient (Wildman–Crippen LogP) is 2.13. The molecule has 170 valence electrons. The fraction of sp³-hybridized carbons (Fsp3) is 0.500. The Kier molecular flexibility index (Phi) is 8.53. The summed E-state index contributed by atoms with van der Waals surface area (Å²) in [5.74, 6) is -5.57. The highest BCUT2D eigenvalue weighted by Crippen LogP contribution is 2.19. The summed E-state index contributed by atoms with van der Waals surface area (Å²) in [7, 11) is 0. The van der Waals surface area contributed by atoms with Gasteiger partial charge in [-0.25, -0.2) is 13.6 Å². The molecule has 14 heteroatoms. The van der Waals surface area contributed by atoms with Gasteiger partial charge in [0.2, 0.25) is 5.91 Å². The van der Waals surface area contributed by atoms with Crippen LogP contribution in [0.1, 0.15) is 5.56 Å². The zero-order valence-electron chi connectivity index (χ0n) is 15.1. The second-order valence-corrected chi connectivity index (χ2v) is 6.23. The summed E-state index contributed by atoms with van der Waals surface area (Å²) in [6.07, 6.45) is -9.60. The summed E-state index contributed by atoms with van der Waals surface area (Å²) in [5.41, 5.74) is 5.70. The first-order chi connectivity index (χ1) is 13.6. The molecule has 0 radical (unpaired) electrons. The summed E-state index contributed by atoms with van der Waals surface area (Å²) in [6, 6.07) is 2.55. The molecule has 3 N–H and O–H groups in total. The number of alkyl halides is 6. The Bertz CT molecular complexity index is 754. The number of nitrogens with zero attached hydrogens (tertiary/aromatic N) is 2. The van der Waals surface area contributed by atoms with Gasteiger partial charge in [0, 0.05) is 31.7 Å². The number of aliphatic carboxylic acids is 1. The molecule has 1 aliphatic rings. The highest BCUT2D eigenvalue weighted by atomic mass is 19.4. The van der Waals surface area contributed by atoms with Gasteiger partial charge in [-0.15, -0.1) is 0 Å². The van der Waals surface area contributed by atoms with Gasteiger partial charge in [-0.05, 0) is 6.07 Å². The van der Waals surface area contributed by atoms with Gasteiger partial charge in [0.25, 0.3) is 0 Å². The van der Waals surface area contributed by atoms with Gasteiger partial charge < -0.3 is 15.7 Å². The lowest BCUT2D eigenvalue weighted by Gasteiger charge is -2.23. The van der Waals surface area contributed by atoms with Crippen molar-refractivity contribution >= 4 is 11.9 Å². The molecule has 1 aliphatic heterocycles. The standard InChI is InChI=1S/C14H16F5N3O.C2HF3O2/c15-10-3-1-2-9(12(10)16)6-21-4-5-22(8-14(17,18)19)13(23)11(20)7-21;3-2(4,5)1(6)7/h1-3,11H,4-8,20H2;(H,6,7). The molecule has 1 fully saturated rings. The average Bonchev–Trinajstić information content (AvgIpc) is 2.71. The van der Waals surface area contributed by atoms with Crippen LogP contribution in [0.4, 0.5) is 35.1 Å². The normalized spacial score (nSPS) is 18.5. The van der Waals surface area contributed by atoms with Crippen LogP contribution in [0.15, 0.2) is 18.2 Å². The Hall–Kier alpha value is -2.48. The third kappa shape index (κ3) is 8.10. The van der Waals surface area contributed by atoms with Crippen molar-refractivity contribution < 1.29 is 49.8 Å². The molecule has 0 spiro atoms. The molecular formula is C16H17F8N3O3. The first-order valence-electron chi connectivity index (χ1n) is 8.18. The minimum Gasteiger partial charge on any atom is -0.475 e. The summed E-state index contributed by atoms with van der Waals surface area (Å²) in [5, 5.41) is 7.12. The molecule has 1 amide bonds. The molecule has 0 aromatic heterocycles. The van der Waals surface area contributed by atoms with E-state index in [2.05, 4.69) is 0 Å². The van der Waals surface area contributed by atoms with Gasteiger partial charge in [0.15, 0.2) is 11.6 Å². The van der Waals surface area contributed by atoms with Crippen LogP contribution in [-0.2, 0) is 16.1 Å². The van der Waals surface area contributed by atoms with E-state index in [9.17, 15) is 39.9 Å². The molecule has 30 heavy (non-hydrogen) atoms. The van der Waals surface area contributed by atoms with Crippen LogP contribution in [0.2, 0.25) is 0 Å². The molecule has 1 atom stereocenters. The number of nitrogens with two attached hydrogens (primary N) is 1. The second-order valence-electron chi connectivity index (χ2n) is 6.23. The maximum Gasteiger partial charge on any atom is 0.490 e. The first kappa shape index (κ1) is 25.6. The number of carboxylic acid groups (broad SMARTS) is 1. The van der Waals surface area contributed by atoms with Crippen LogP contribution >= 0.6 is 0 Å². The SMILES string of the molecule is NC1CN(Cc2cccc(F)c2F)CCN(CC(F)(F)F)C1=O.O=C(O)C(F)(F)F. The van der Waals surface area contributed by atoms with E-state index in [1.54, 1.807) is 0 Å². The minimum atomic E-state index is -5.08. The fourth-order valence-electron chi connectivity index (χ4n) is 2.48. The number of rotatable bonds is 3. The van der Waals surface area contributed by atoms with Crippen LogP contribution in [0.5, 0.6) is 0 Å². The lowest BCUT2D eigenvalue weighted by Crippen LogP contribution is -2.48. The van der Waals surface area contributed by atoms with Gasteiger partial charge in [-0.1, -0.05) is 12.1 Å². The van der Waals surface area contributed by atoms with Crippen molar-refractivity contribution in [3.05, 3.63) is 35.4 Å². The van der Waals surface area contributed by atoms with Crippen LogP contribution in [0.3, 0.4) is 0 Å². The molecule has 6 nitrogen and oxygen atoms in total. The van der Waals surface area contributed by atoms with Crippen LogP contribution < -0.4 is 5.73 Å². The second kappa shape index (κ2) is 10.0. The molecule has 1 saturated heterocycles. The zero-order chi connectivity index (χ0) is 23.3. The lowest BCUT2D eigenvalue weighted by atomic mass is 10.2. The summed E-state index contributed by atoms with van der Waals surface area (Å²) >= 11 is 0. The van der Waals surface area contributed by atoms with Crippen molar-refractivity contribution in [1.82, 2.24) is 9.80 Å². The van der Waals surface area contributed by atoms with Crippen molar-refractivity contribution in [2.24, 2.45) is 5.73 Å². The number of hydrogen-bond donors (Lipinski definition) is 2. The Labute approximate surface area is 164 Å². The van der Waals surface area contributed by atoms with E-state index in [0.717, 1.165) is 6.07 Å². The van der Waals surface area contributed by atoms with Gasteiger partial charge in [-0.3, -0.25) is 9.69 Å². The monoisotopic (exact) mass is 451 g/mol. The van der Waals surface area contributed by atoms with Crippen molar-refractivity contribution in [2.75, 3.05) is 26.2 Å². The Balaban J connectivity index is 0.000000553. The summed E-state index contributed by atoms with van der Waals surface area (Å²) < 4.78 is 96.0. The van der Waals surface area contributed by atoms with Gasteiger partial charge in [-0.2, -0.15) is 26.3 Å². The molecule has 1 aromatic rings. The lowest BCUT2D eigenvalue weighted by molar-refractivity contribution is -0.192. The Morgan fingerprint density at radius 3 is 2.20 bits per heavy atom. The number of carboxylic acids is 1. The topological polar surface area (TPSA) is 86.9 Å². The number of hydrogen-bond acceptors (Lipinski definition) is 4. The van der Waals surface area contributed by atoms with E-state index >= 15 is 0 Å². The molecule has 1 heterocycles. The van der Waals surface area contributed by atoms with Gasteiger partial charge >= 0.3 is 18.3 Å². The van der Waals surface area contributed by atoms with Gasteiger partial charge in [0.1, 0.15) is 6.54 Å². The van der Waals surface area contributed by atoms with Gasteiger partial charge in [0.05, 0.1) is 6.04 Å². The van der Waals surface area contributed by atoms with E-state index in [0.29, 0.717) is 4.90 Å². The number of carbonyl (C=O) groups excluding carboxylic acids is 1. The van der Waals surface area contributed by atoms with Crippen LogP contribution in [0.25, 0.3) is 0 Å². The Morgan fingerprint density at radius 2 is 1.70 bits per heavy atom. The largest absolute Gasteiger partial charge is 0.490 e. The van der Waals surface area contributed by atoms with E-state index in [-0.39, 0.29) is 31.7 Å². The minimum absolute atomic E-state index is 0.0247. The number of halogens is 8. The number of carbonyl (C=O) groups is 2. The summed E-state index contributed by atoms with van der Waals surface area (Å²) in [4.78, 5) is 23.0. The quantitative estimate of drug-likeness (QED) is 0.688. The van der Waals surface area contributed by atoms with Crippen molar-refractivity contribution in [3.63, 3.8) is 0 Å². The average molecular weight is 451 g/mol. The fourth-order valence-corrected chi connectivity index (χ4v) is 2.48. The van der Waals surface area contributed by atoms with E-state index in [4.69, 9.17) is 15.6 Å². The van der Waals surface area contributed by atoms with Crippen molar-refractivity contribution in [2.45, 2.75) is 24.9 Å². The highest BCUT2D eigenvalue weighted by Gasteiger charge is 2.38.